The van der Waals surface area contributed by atoms with Crippen molar-refractivity contribution in [1.82, 2.24) is 21.3 Å². The molecule has 0 radical (unpaired) electrons. The lowest BCUT2D eigenvalue weighted by Gasteiger charge is -2.37. The number of rotatable bonds is 26. The van der Waals surface area contributed by atoms with Crippen molar-refractivity contribution in [1.29, 1.82) is 0 Å². The number of carboxylic acids is 1. The van der Waals surface area contributed by atoms with Gasteiger partial charge in [-0.25, -0.2) is 9.59 Å². The van der Waals surface area contributed by atoms with Crippen molar-refractivity contribution < 1.29 is 33.7 Å². The molecule has 0 bridgehead atoms. The maximum Gasteiger partial charge on any atom is 0.407 e. The van der Waals surface area contributed by atoms with Crippen LogP contribution in [0.2, 0.25) is 0 Å². The summed E-state index contributed by atoms with van der Waals surface area (Å²) in [5.74, 6) is -0.432. The first-order valence-corrected chi connectivity index (χ1v) is 26.9. The highest BCUT2D eigenvalue weighted by Crippen LogP contribution is 2.45. The summed E-state index contributed by atoms with van der Waals surface area (Å²) in [4.78, 5) is 41.3. The number of aliphatic carboxylic acids is 1. The number of alkyl carbamates (subject to hydrolysis) is 1. The summed E-state index contributed by atoms with van der Waals surface area (Å²) >= 11 is 0. The fraction of sp³-hybridized carbons (Fsp3) is 0.239. The van der Waals surface area contributed by atoms with Crippen LogP contribution in [-0.2, 0) is 25.4 Å². The molecule has 8 aromatic rings. The molecule has 1 aliphatic carbocycles. The van der Waals surface area contributed by atoms with Gasteiger partial charge in [0.1, 0.15) is 30.2 Å². The van der Waals surface area contributed by atoms with Crippen molar-refractivity contribution in [2.75, 3.05) is 33.9 Å². The first-order valence-electron chi connectivity index (χ1n) is 26.9. The van der Waals surface area contributed by atoms with E-state index in [0.717, 1.165) is 67.1 Å². The number of nitrogens with one attached hydrogen (secondary N) is 4. The third-order valence-electron chi connectivity index (χ3n) is 15.1. The molecule has 78 heavy (non-hydrogen) atoms. The highest BCUT2D eigenvalue weighted by atomic mass is 16.5. The van der Waals surface area contributed by atoms with E-state index in [9.17, 15) is 19.5 Å². The Kier molecular flexibility index (Phi) is 18.1. The zero-order valence-electron chi connectivity index (χ0n) is 44.3. The summed E-state index contributed by atoms with van der Waals surface area (Å²) in [6.45, 7) is 1.13. The number of hydrogen-bond donors (Lipinski definition) is 5. The van der Waals surface area contributed by atoms with Gasteiger partial charge >= 0.3 is 12.1 Å². The Morgan fingerprint density at radius 2 is 0.808 bits per heavy atom. The molecule has 0 aromatic heterocycles. The summed E-state index contributed by atoms with van der Waals surface area (Å²) in [6.07, 6.45) is 1.87. The van der Waals surface area contributed by atoms with Gasteiger partial charge in [0, 0.05) is 5.92 Å². The highest BCUT2D eigenvalue weighted by Gasteiger charge is 2.38. The van der Waals surface area contributed by atoms with Gasteiger partial charge in [0.2, 0.25) is 5.91 Å². The number of ether oxygens (including phenoxy) is 3. The Bertz CT molecular complexity index is 3070. The second-order valence-corrected chi connectivity index (χ2v) is 19.7. The molecular weight excluding hydrogens is 973 g/mol. The number of fused-ring (bicyclic) bond motifs is 3. The number of carbonyl (C=O) groups is 3. The summed E-state index contributed by atoms with van der Waals surface area (Å²) < 4.78 is 17.0. The number of hydrogen-bond acceptors (Lipinski definition) is 8. The molecule has 2 amide bonds. The van der Waals surface area contributed by atoms with Crippen molar-refractivity contribution >= 4 is 18.0 Å². The molecule has 9 rings (SSSR count). The molecule has 1 aliphatic rings. The van der Waals surface area contributed by atoms with E-state index in [-0.39, 0.29) is 25.4 Å². The van der Waals surface area contributed by atoms with Crippen LogP contribution in [0.15, 0.2) is 218 Å². The van der Waals surface area contributed by atoms with Gasteiger partial charge in [-0.1, -0.05) is 194 Å². The molecule has 11 nitrogen and oxygen atoms in total. The minimum absolute atomic E-state index is 0.0601. The van der Waals surface area contributed by atoms with E-state index in [4.69, 9.17) is 14.2 Å². The number of amides is 2. The van der Waals surface area contributed by atoms with Crippen LogP contribution in [0.5, 0.6) is 11.5 Å². The van der Waals surface area contributed by atoms with Crippen LogP contribution < -0.4 is 30.7 Å². The van der Waals surface area contributed by atoms with E-state index in [1.54, 1.807) is 14.2 Å². The molecule has 5 N–H and O–H groups in total. The van der Waals surface area contributed by atoms with Crippen LogP contribution in [0, 0.1) is 0 Å². The highest BCUT2D eigenvalue weighted by molar-refractivity contribution is 5.89. The first kappa shape index (κ1) is 54.3. The number of carboxylic acid groups (broad SMARTS) is 1. The average molecular weight is 1040 g/mol. The Morgan fingerprint density at radius 3 is 1.19 bits per heavy atom. The third kappa shape index (κ3) is 12.2. The number of unbranched alkanes of at least 4 members (excludes halogenated alkanes) is 2. The Balaban J connectivity index is 0.898. The van der Waals surface area contributed by atoms with Crippen LogP contribution in [0.25, 0.3) is 11.1 Å². The Morgan fingerprint density at radius 1 is 0.449 bits per heavy atom. The predicted molar refractivity (Wildman–Crippen MR) is 307 cm³/mol. The molecule has 0 saturated heterocycles. The molecule has 0 aliphatic heterocycles. The minimum Gasteiger partial charge on any atom is -0.497 e. The predicted octanol–water partition coefficient (Wildman–Crippen LogP) is 12.0. The van der Waals surface area contributed by atoms with Gasteiger partial charge < -0.3 is 30.0 Å². The van der Waals surface area contributed by atoms with Crippen LogP contribution >= 0.6 is 0 Å². The van der Waals surface area contributed by atoms with Gasteiger partial charge in [0.15, 0.2) is 0 Å². The molecule has 0 fully saturated rings. The molecule has 0 heterocycles. The van der Waals surface area contributed by atoms with Crippen molar-refractivity contribution in [2.24, 2.45) is 0 Å². The van der Waals surface area contributed by atoms with Crippen molar-refractivity contribution in [2.45, 2.75) is 67.6 Å². The first-order chi connectivity index (χ1) is 38.2. The largest absolute Gasteiger partial charge is 0.497 e. The maximum absolute atomic E-state index is 14.5. The Labute approximate surface area is 458 Å². The van der Waals surface area contributed by atoms with Crippen LogP contribution in [0.4, 0.5) is 4.79 Å². The molecule has 8 aromatic carbocycles. The van der Waals surface area contributed by atoms with Crippen LogP contribution in [-0.4, -0.2) is 69.1 Å². The molecule has 0 spiro atoms. The molecule has 2 atom stereocenters. The molecule has 398 valence electrons. The van der Waals surface area contributed by atoms with E-state index in [0.29, 0.717) is 38.8 Å². The number of methoxy groups -OCH3 is 2. The summed E-state index contributed by atoms with van der Waals surface area (Å²) in [5.41, 5.74) is 9.10. The SMILES string of the molecule is COc1ccc(C(NCCCC[C@H](NC(=O)[C@H](CCCCNC(c2ccccc2)(c2ccccc2)c2ccc(OC)cc2)NC(=O)OCC2c3ccccc3-c3ccccc32)C(=O)O)(c2ccccc2)c2ccccc2)cc1. The van der Waals surface area contributed by atoms with Gasteiger partial charge in [-0.3, -0.25) is 15.4 Å². The lowest BCUT2D eigenvalue weighted by atomic mass is 9.77. The third-order valence-corrected chi connectivity index (χ3v) is 15.1. The lowest BCUT2D eigenvalue weighted by molar-refractivity contribution is -0.142. The molecular formula is C67H68N4O7. The van der Waals surface area contributed by atoms with Crippen LogP contribution in [0.3, 0.4) is 0 Å². The number of carbonyl (C=O) groups excluding carboxylic acids is 2. The summed E-state index contributed by atoms with van der Waals surface area (Å²) in [5, 5.41) is 24.0. The summed E-state index contributed by atoms with van der Waals surface area (Å²) in [6, 6.07) is 71.1. The van der Waals surface area contributed by atoms with Gasteiger partial charge in [-0.15, -0.1) is 0 Å². The molecule has 0 unspecified atom stereocenters. The quantitative estimate of drug-likeness (QED) is 0.0264. The van der Waals surface area contributed by atoms with Crippen molar-refractivity contribution in [3.05, 3.63) is 263 Å². The zero-order valence-corrected chi connectivity index (χ0v) is 44.3. The maximum atomic E-state index is 14.5. The Hall–Kier alpha value is -8.51. The zero-order chi connectivity index (χ0) is 54.2. The van der Waals surface area contributed by atoms with E-state index in [2.05, 4.69) is 118 Å². The lowest BCUT2D eigenvalue weighted by Crippen LogP contribution is -2.52. The van der Waals surface area contributed by atoms with E-state index in [1.165, 1.54) is 0 Å². The normalized spacial score (nSPS) is 12.8. The van der Waals surface area contributed by atoms with Gasteiger partial charge in [-0.2, -0.15) is 0 Å². The van der Waals surface area contributed by atoms with Gasteiger partial charge in [-0.05, 0) is 132 Å². The van der Waals surface area contributed by atoms with Gasteiger partial charge in [0.05, 0.1) is 25.3 Å². The fourth-order valence-electron chi connectivity index (χ4n) is 11.1. The smallest absolute Gasteiger partial charge is 0.407 e. The second kappa shape index (κ2) is 26.0. The second-order valence-electron chi connectivity index (χ2n) is 19.7. The molecule has 0 saturated carbocycles. The minimum atomic E-state index is -1.21. The van der Waals surface area contributed by atoms with Gasteiger partial charge in [0.25, 0.3) is 0 Å². The monoisotopic (exact) mass is 1040 g/mol. The topological polar surface area (TPSA) is 147 Å². The van der Waals surface area contributed by atoms with Crippen LogP contribution in [0.1, 0.15) is 89.0 Å². The van der Waals surface area contributed by atoms with E-state index < -0.39 is 41.1 Å². The standard InChI is InChI=1S/C67H68N4O7/c1-76-54-41-37-52(38-42-54)66(48-23-7-3-8-24-48,49-25-9-4-10-26-49)68-45-21-19-35-61(71-65(75)78-47-60-58-33-17-15-31-56(58)57-32-16-18-34-59(57)60)63(72)70-62(64(73)74)36-20-22-46-69-67(50-27-11-5-12-28-50,51-29-13-6-14-30-51)53-39-43-55(77-2)44-40-53/h3-18,23-34,37-44,60-62,68-69H,19-22,35-36,45-47H2,1-2H3,(H,70,72)(H,71,75)(H,73,74)/t61-,62-/m0/s1. The summed E-state index contributed by atoms with van der Waals surface area (Å²) in [7, 11) is 3.30. The van der Waals surface area contributed by atoms with Crippen molar-refractivity contribution in [3.63, 3.8) is 0 Å². The fourth-order valence-corrected chi connectivity index (χ4v) is 11.1. The van der Waals surface area contributed by atoms with E-state index in [1.807, 2.05) is 121 Å². The van der Waals surface area contributed by atoms with Crippen molar-refractivity contribution in [3.8, 4) is 22.6 Å². The van der Waals surface area contributed by atoms with E-state index >= 15 is 0 Å². The average Bonchev–Trinajstić information content (AvgIpc) is 4.00. The molecule has 11 heteroatoms. The number of benzene rings is 8.